The minimum Gasteiger partial charge on any atom is -0.466 e. The van der Waals surface area contributed by atoms with Crippen LogP contribution in [0.4, 0.5) is 0 Å². The van der Waals surface area contributed by atoms with Crippen molar-refractivity contribution in [2.24, 2.45) is 0 Å². The van der Waals surface area contributed by atoms with Gasteiger partial charge in [-0.25, -0.2) is 0 Å². The van der Waals surface area contributed by atoms with Crippen molar-refractivity contribution >= 4 is 11.9 Å². The predicted molar refractivity (Wildman–Crippen MR) is 301 cm³/mol. The monoisotopic (exact) mass is 1030 g/mol. The number of unbranched alkanes of at least 4 members (excludes halogenated alkanes) is 27. The molecule has 1 heterocycles. The molecule has 0 aliphatic carbocycles. The first-order valence-corrected chi connectivity index (χ1v) is 29.7. The van der Waals surface area contributed by atoms with Crippen LogP contribution in [0.2, 0.25) is 0 Å². The molecular weight excluding hydrogens is 919 g/mol. The standard InChI is InChI=1S/C62H109NO10/c1-3-5-7-9-11-13-14-26-30-34-38-42-46-50-58(67)71-51-47-43-39-35-31-28-25-23-21-19-17-15-16-18-20-22-24-27-29-33-37-41-45-49-57(66)63-54(55(65)48-44-40-36-32-12-10-8-6-4-2)53-72-62-61(70)60(69)59(68)56(52-64)73-62/h4,6,12-15,17-18,20,32,44,48,54-56,59-62,64-65,68-70H,3,5,7-11,16,19,21-31,33-43,45-47,49-53H2,1-2H3,(H,63,66)/b6-4+,14-13-,17-15-,20-18-,32-12+,48-44+. The van der Waals surface area contributed by atoms with Gasteiger partial charge < -0.3 is 45.1 Å². The molecule has 0 radical (unpaired) electrons. The first kappa shape index (κ1) is 68.1. The minimum absolute atomic E-state index is 0.0160. The maximum absolute atomic E-state index is 13.0. The van der Waals surface area contributed by atoms with Gasteiger partial charge in [-0.05, 0) is 110 Å². The highest BCUT2D eigenvalue weighted by atomic mass is 16.7. The molecule has 0 saturated carbocycles. The summed E-state index contributed by atoms with van der Waals surface area (Å²) >= 11 is 0. The Bertz CT molecular complexity index is 1440. The molecule has 0 aromatic carbocycles. The summed E-state index contributed by atoms with van der Waals surface area (Å²) in [5, 5.41) is 54.1. The van der Waals surface area contributed by atoms with Crippen LogP contribution in [-0.2, 0) is 23.8 Å². The number of hydrogen-bond donors (Lipinski definition) is 6. The van der Waals surface area contributed by atoms with Crippen LogP contribution in [0.25, 0.3) is 0 Å². The van der Waals surface area contributed by atoms with Gasteiger partial charge in [0.1, 0.15) is 24.4 Å². The summed E-state index contributed by atoms with van der Waals surface area (Å²) in [6.07, 6.45) is 57.5. The molecule has 1 rings (SSSR count). The second-order valence-electron chi connectivity index (χ2n) is 20.3. The highest BCUT2D eigenvalue weighted by Crippen LogP contribution is 2.23. The van der Waals surface area contributed by atoms with E-state index in [2.05, 4.69) is 66.9 Å². The zero-order chi connectivity index (χ0) is 53.1. The van der Waals surface area contributed by atoms with E-state index in [9.17, 15) is 35.1 Å². The van der Waals surface area contributed by atoms with Gasteiger partial charge in [-0.1, -0.05) is 195 Å². The molecule has 1 amide bonds. The Balaban J connectivity index is 2.04. The van der Waals surface area contributed by atoms with Gasteiger partial charge in [0.25, 0.3) is 0 Å². The minimum atomic E-state index is -1.58. The lowest BCUT2D eigenvalue weighted by Crippen LogP contribution is -2.60. The van der Waals surface area contributed by atoms with Crippen LogP contribution in [0.3, 0.4) is 0 Å². The number of esters is 1. The number of aliphatic hydroxyl groups excluding tert-OH is 5. The zero-order valence-electron chi connectivity index (χ0n) is 46.3. The van der Waals surface area contributed by atoms with Crippen molar-refractivity contribution in [3.8, 4) is 0 Å². The Morgan fingerprint density at radius 2 is 0.986 bits per heavy atom. The fourth-order valence-corrected chi connectivity index (χ4v) is 8.85. The van der Waals surface area contributed by atoms with Gasteiger partial charge in [0.05, 0.1) is 32.0 Å². The molecule has 0 spiro atoms. The second-order valence-corrected chi connectivity index (χ2v) is 20.3. The SMILES string of the molecule is C/C=C/CC/C=C/CC/C=C/C(O)C(COC1OC(CO)C(O)C(O)C1O)NC(=O)CCCCCCCCC/C=C\C/C=C\CCCCCCCCCCCOC(=O)CCCCCCC/C=C\CCCCCC. The largest absolute Gasteiger partial charge is 0.466 e. The fraction of sp³-hybridized carbons (Fsp3) is 0.774. The number of hydrogen-bond acceptors (Lipinski definition) is 10. The normalized spacial score (nSPS) is 19.5. The lowest BCUT2D eigenvalue weighted by Gasteiger charge is -2.40. The van der Waals surface area contributed by atoms with E-state index in [1.165, 1.54) is 122 Å². The molecule has 11 heteroatoms. The van der Waals surface area contributed by atoms with Gasteiger partial charge in [0.2, 0.25) is 5.91 Å². The molecule has 1 fully saturated rings. The molecular formula is C62H109NO10. The zero-order valence-corrected chi connectivity index (χ0v) is 46.3. The van der Waals surface area contributed by atoms with Crippen LogP contribution >= 0.6 is 0 Å². The molecule has 1 saturated heterocycles. The number of amides is 1. The van der Waals surface area contributed by atoms with Crippen molar-refractivity contribution in [1.29, 1.82) is 0 Å². The summed E-state index contributed by atoms with van der Waals surface area (Å²) in [5.74, 6) is -0.228. The number of ether oxygens (including phenoxy) is 3. The van der Waals surface area contributed by atoms with Gasteiger partial charge in [-0.15, -0.1) is 0 Å². The van der Waals surface area contributed by atoms with E-state index in [-0.39, 0.29) is 18.5 Å². The van der Waals surface area contributed by atoms with Crippen LogP contribution in [0.15, 0.2) is 72.9 Å². The molecule has 422 valence electrons. The molecule has 1 aliphatic heterocycles. The molecule has 73 heavy (non-hydrogen) atoms. The third-order valence-corrected chi connectivity index (χ3v) is 13.6. The molecule has 7 unspecified atom stereocenters. The summed E-state index contributed by atoms with van der Waals surface area (Å²) in [4.78, 5) is 25.0. The third-order valence-electron chi connectivity index (χ3n) is 13.6. The lowest BCUT2D eigenvalue weighted by molar-refractivity contribution is -0.302. The van der Waals surface area contributed by atoms with Gasteiger partial charge in [-0.3, -0.25) is 9.59 Å². The van der Waals surface area contributed by atoms with Crippen LogP contribution in [0.5, 0.6) is 0 Å². The highest BCUT2D eigenvalue weighted by Gasteiger charge is 2.44. The van der Waals surface area contributed by atoms with Gasteiger partial charge >= 0.3 is 5.97 Å². The van der Waals surface area contributed by atoms with E-state index in [1.54, 1.807) is 6.08 Å². The van der Waals surface area contributed by atoms with Gasteiger partial charge in [0, 0.05) is 12.8 Å². The second kappa shape index (κ2) is 51.2. The topological polar surface area (TPSA) is 175 Å². The van der Waals surface area contributed by atoms with Crippen molar-refractivity contribution in [2.45, 2.75) is 288 Å². The first-order valence-electron chi connectivity index (χ1n) is 29.7. The number of allylic oxidation sites excluding steroid dienone is 11. The number of aliphatic hydroxyl groups is 5. The van der Waals surface area contributed by atoms with E-state index >= 15 is 0 Å². The maximum Gasteiger partial charge on any atom is 0.305 e. The molecule has 0 aromatic rings. The van der Waals surface area contributed by atoms with Crippen LogP contribution in [-0.4, -0.2) is 100 Å². The summed E-state index contributed by atoms with van der Waals surface area (Å²) in [5.41, 5.74) is 0. The summed E-state index contributed by atoms with van der Waals surface area (Å²) < 4.78 is 16.6. The Morgan fingerprint density at radius 1 is 0.534 bits per heavy atom. The molecule has 1 aliphatic rings. The van der Waals surface area contributed by atoms with Gasteiger partial charge in [0.15, 0.2) is 6.29 Å². The Labute approximate surface area is 445 Å². The van der Waals surface area contributed by atoms with Crippen molar-refractivity contribution in [1.82, 2.24) is 5.32 Å². The van der Waals surface area contributed by atoms with E-state index in [0.717, 1.165) is 89.9 Å². The molecule has 6 N–H and O–H groups in total. The van der Waals surface area contributed by atoms with Crippen LogP contribution in [0, 0.1) is 0 Å². The lowest BCUT2D eigenvalue weighted by atomic mass is 9.99. The highest BCUT2D eigenvalue weighted by molar-refractivity contribution is 5.76. The van der Waals surface area contributed by atoms with E-state index in [1.807, 2.05) is 19.1 Å². The summed E-state index contributed by atoms with van der Waals surface area (Å²) in [6.45, 7) is 4.04. The summed E-state index contributed by atoms with van der Waals surface area (Å²) in [6, 6.07) is -0.842. The molecule has 0 bridgehead atoms. The Hall–Kier alpha value is -2.90. The van der Waals surface area contributed by atoms with Crippen LogP contribution < -0.4 is 5.32 Å². The Kier molecular flexibility index (Phi) is 47.8. The van der Waals surface area contributed by atoms with Crippen LogP contribution in [0.1, 0.15) is 245 Å². The fourth-order valence-electron chi connectivity index (χ4n) is 8.85. The number of carbonyl (C=O) groups excluding carboxylic acids is 2. The molecule has 0 aromatic heterocycles. The van der Waals surface area contributed by atoms with Crippen molar-refractivity contribution in [3.63, 3.8) is 0 Å². The third kappa shape index (κ3) is 41.0. The van der Waals surface area contributed by atoms with Crippen molar-refractivity contribution in [3.05, 3.63) is 72.9 Å². The van der Waals surface area contributed by atoms with Crippen molar-refractivity contribution < 1.29 is 49.3 Å². The summed E-state index contributed by atoms with van der Waals surface area (Å²) in [7, 11) is 0. The quantitative estimate of drug-likeness (QED) is 0.0195. The number of carbonyl (C=O) groups is 2. The average Bonchev–Trinajstić information content (AvgIpc) is 3.39. The van der Waals surface area contributed by atoms with E-state index in [4.69, 9.17) is 14.2 Å². The number of nitrogens with one attached hydrogen (secondary N) is 1. The first-order chi connectivity index (χ1) is 35.7. The van der Waals surface area contributed by atoms with E-state index < -0.39 is 49.5 Å². The van der Waals surface area contributed by atoms with Crippen molar-refractivity contribution in [2.75, 3.05) is 19.8 Å². The molecule has 7 atom stereocenters. The number of rotatable bonds is 50. The predicted octanol–water partition coefficient (Wildman–Crippen LogP) is 13.6. The molecule has 11 nitrogen and oxygen atoms in total. The maximum atomic E-state index is 13.0. The smallest absolute Gasteiger partial charge is 0.305 e. The van der Waals surface area contributed by atoms with Gasteiger partial charge in [-0.2, -0.15) is 0 Å². The van der Waals surface area contributed by atoms with E-state index in [0.29, 0.717) is 25.9 Å². The average molecular weight is 1030 g/mol. The Morgan fingerprint density at radius 3 is 1.52 bits per heavy atom.